The Bertz CT molecular complexity index is 1330. The van der Waals surface area contributed by atoms with E-state index in [9.17, 15) is 9.59 Å². The zero-order chi connectivity index (χ0) is 21.4. The molecule has 0 unspecified atom stereocenters. The van der Waals surface area contributed by atoms with Crippen LogP contribution < -0.4 is 14.9 Å². The number of esters is 1. The maximum atomic E-state index is 13.4. The molecular formula is C22H22N4O3S. The van der Waals surface area contributed by atoms with Crippen LogP contribution in [0.15, 0.2) is 57.6 Å². The fourth-order valence-corrected chi connectivity index (χ4v) is 4.66. The Labute approximate surface area is 177 Å². The second kappa shape index (κ2) is 7.87. The number of aryl methyl sites for hydroxylation is 2. The molecule has 0 fully saturated rings. The first-order valence-electron chi connectivity index (χ1n) is 9.64. The third-order valence-electron chi connectivity index (χ3n) is 5.14. The van der Waals surface area contributed by atoms with Crippen LogP contribution in [0.25, 0.3) is 6.08 Å². The molecule has 1 aliphatic heterocycles. The van der Waals surface area contributed by atoms with Crippen molar-refractivity contribution < 1.29 is 9.53 Å². The van der Waals surface area contributed by atoms with E-state index in [0.717, 1.165) is 23.4 Å². The van der Waals surface area contributed by atoms with Gasteiger partial charge in [-0.1, -0.05) is 41.7 Å². The number of hydrogen-bond acceptors (Lipinski definition) is 6. The second-order valence-corrected chi connectivity index (χ2v) is 8.02. The van der Waals surface area contributed by atoms with Crippen LogP contribution in [0.4, 0.5) is 0 Å². The van der Waals surface area contributed by atoms with Crippen molar-refractivity contribution in [2.75, 3.05) is 7.11 Å². The highest BCUT2D eigenvalue weighted by molar-refractivity contribution is 7.07. The van der Waals surface area contributed by atoms with Gasteiger partial charge in [0, 0.05) is 18.3 Å². The molecule has 4 rings (SSSR count). The Hall–Kier alpha value is -3.26. The lowest BCUT2D eigenvalue weighted by atomic mass is 9.96. The highest BCUT2D eigenvalue weighted by atomic mass is 32.1. The molecule has 2 aromatic heterocycles. The van der Waals surface area contributed by atoms with E-state index in [-0.39, 0.29) is 5.56 Å². The van der Waals surface area contributed by atoms with Crippen LogP contribution in [-0.2, 0) is 16.1 Å². The Balaban J connectivity index is 1.97. The van der Waals surface area contributed by atoms with Crippen LogP contribution in [0.3, 0.4) is 0 Å². The van der Waals surface area contributed by atoms with Crippen LogP contribution in [0.2, 0.25) is 0 Å². The molecule has 7 nitrogen and oxygen atoms in total. The summed E-state index contributed by atoms with van der Waals surface area (Å²) in [5.74, 6) is -0.487. The minimum Gasteiger partial charge on any atom is -0.466 e. The van der Waals surface area contributed by atoms with Crippen molar-refractivity contribution in [3.8, 4) is 0 Å². The van der Waals surface area contributed by atoms with Crippen molar-refractivity contribution in [3.05, 3.63) is 84.3 Å². The number of aromatic nitrogens is 3. The number of allylic oxidation sites excluding steroid dienone is 1. The largest absolute Gasteiger partial charge is 0.466 e. The molecule has 0 N–H and O–H groups in total. The standard InChI is InChI=1S/C22H22N4O3S/c1-5-25-12-16(13(2)24-25)11-17-20(27)26-19(15-9-7-6-8-10-15)18(21(28)29-4)14(3)23-22(26)30-17/h6-12,19H,5H2,1-4H3/b17-11-/t19-/m0/s1. The van der Waals surface area contributed by atoms with Crippen molar-refractivity contribution in [2.45, 2.75) is 33.4 Å². The number of fused-ring (bicyclic) bond motifs is 1. The predicted octanol–water partition coefficient (Wildman–Crippen LogP) is 1.93. The molecule has 8 heteroatoms. The molecule has 0 saturated heterocycles. The molecule has 0 saturated carbocycles. The summed E-state index contributed by atoms with van der Waals surface area (Å²) in [6.07, 6.45) is 3.77. The number of carbonyl (C=O) groups is 1. The summed E-state index contributed by atoms with van der Waals surface area (Å²) in [5, 5.41) is 4.45. The molecule has 0 aliphatic carbocycles. The zero-order valence-corrected chi connectivity index (χ0v) is 18.1. The van der Waals surface area contributed by atoms with Crippen molar-refractivity contribution in [3.63, 3.8) is 0 Å². The molecular weight excluding hydrogens is 400 g/mol. The fourth-order valence-electron chi connectivity index (χ4n) is 3.62. The first-order chi connectivity index (χ1) is 14.4. The zero-order valence-electron chi connectivity index (χ0n) is 17.2. The predicted molar refractivity (Wildman–Crippen MR) is 115 cm³/mol. The molecule has 0 bridgehead atoms. The summed E-state index contributed by atoms with van der Waals surface area (Å²) in [6.45, 7) is 6.46. The summed E-state index contributed by atoms with van der Waals surface area (Å²) in [7, 11) is 1.34. The Morgan fingerprint density at radius 2 is 2.00 bits per heavy atom. The molecule has 3 aromatic rings. The van der Waals surface area contributed by atoms with Crippen molar-refractivity contribution in [1.82, 2.24) is 14.3 Å². The lowest BCUT2D eigenvalue weighted by Crippen LogP contribution is -2.39. The van der Waals surface area contributed by atoms with E-state index in [1.165, 1.54) is 18.4 Å². The summed E-state index contributed by atoms with van der Waals surface area (Å²) in [6, 6.07) is 8.89. The van der Waals surface area contributed by atoms with Gasteiger partial charge in [-0.15, -0.1) is 0 Å². The Kier molecular flexibility index (Phi) is 5.26. The number of methoxy groups -OCH3 is 1. The lowest BCUT2D eigenvalue weighted by Gasteiger charge is -2.24. The van der Waals surface area contributed by atoms with E-state index >= 15 is 0 Å². The monoisotopic (exact) mass is 422 g/mol. The number of hydrogen-bond donors (Lipinski definition) is 0. The van der Waals surface area contributed by atoms with Gasteiger partial charge in [0.25, 0.3) is 5.56 Å². The Morgan fingerprint density at radius 1 is 1.27 bits per heavy atom. The number of rotatable bonds is 4. The van der Waals surface area contributed by atoms with Gasteiger partial charge in [0.15, 0.2) is 4.80 Å². The quantitative estimate of drug-likeness (QED) is 0.602. The van der Waals surface area contributed by atoms with E-state index in [2.05, 4.69) is 10.1 Å². The summed E-state index contributed by atoms with van der Waals surface area (Å²) in [5.41, 5.74) is 3.31. The van der Waals surface area contributed by atoms with Gasteiger partial charge in [0.1, 0.15) is 0 Å². The number of nitrogens with zero attached hydrogens (tertiary/aromatic N) is 4. The van der Waals surface area contributed by atoms with E-state index in [4.69, 9.17) is 4.74 Å². The van der Waals surface area contributed by atoms with E-state index in [1.807, 2.05) is 61.1 Å². The molecule has 0 amide bonds. The van der Waals surface area contributed by atoms with Gasteiger partial charge in [0.2, 0.25) is 0 Å². The summed E-state index contributed by atoms with van der Waals surface area (Å²) >= 11 is 1.31. The average molecular weight is 423 g/mol. The highest BCUT2D eigenvalue weighted by Gasteiger charge is 2.32. The van der Waals surface area contributed by atoms with Gasteiger partial charge in [-0.25, -0.2) is 9.79 Å². The van der Waals surface area contributed by atoms with Crippen molar-refractivity contribution in [1.29, 1.82) is 0 Å². The average Bonchev–Trinajstić information content (AvgIpc) is 3.26. The molecule has 1 atom stereocenters. The van der Waals surface area contributed by atoms with Gasteiger partial charge >= 0.3 is 5.97 Å². The first-order valence-corrected chi connectivity index (χ1v) is 10.5. The van der Waals surface area contributed by atoms with Crippen LogP contribution in [0, 0.1) is 6.92 Å². The SMILES string of the molecule is CCn1cc(/C=c2\sc3n(c2=O)[C@@H](c2ccccc2)C(C(=O)OC)=C(C)N=3)c(C)n1. The van der Waals surface area contributed by atoms with E-state index < -0.39 is 12.0 Å². The van der Waals surface area contributed by atoms with Gasteiger partial charge in [-0.3, -0.25) is 14.0 Å². The second-order valence-electron chi connectivity index (χ2n) is 7.01. The van der Waals surface area contributed by atoms with E-state index in [0.29, 0.717) is 20.6 Å². The van der Waals surface area contributed by atoms with Gasteiger partial charge in [-0.05, 0) is 32.4 Å². The minimum atomic E-state index is -0.587. The Morgan fingerprint density at radius 3 is 2.63 bits per heavy atom. The molecule has 3 heterocycles. The van der Waals surface area contributed by atoms with Crippen molar-refractivity contribution in [2.24, 2.45) is 4.99 Å². The molecule has 0 radical (unpaired) electrons. The summed E-state index contributed by atoms with van der Waals surface area (Å²) < 4.78 is 8.99. The lowest BCUT2D eigenvalue weighted by molar-refractivity contribution is -0.136. The number of carbonyl (C=O) groups excluding carboxylic acids is 1. The van der Waals surface area contributed by atoms with Crippen LogP contribution in [0.1, 0.15) is 36.7 Å². The summed E-state index contributed by atoms with van der Waals surface area (Å²) in [4.78, 5) is 31.1. The fraction of sp³-hybridized carbons (Fsp3) is 0.273. The minimum absolute atomic E-state index is 0.190. The molecule has 0 spiro atoms. The van der Waals surface area contributed by atoms with Gasteiger partial charge in [0.05, 0.1) is 34.6 Å². The first kappa shape index (κ1) is 20.0. The van der Waals surface area contributed by atoms with Crippen molar-refractivity contribution >= 4 is 23.4 Å². The number of ether oxygens (including phenoxy) is 1. The van der Waals surface area contributed by atoms with Crippen LogP contribution >= 0.6 is 11.3 Å². The van der Waals surface area contributed by atoms with E-state index in [1.54, 1.807) is 11.5 Å². The molecule has 1 aromatic carbocycles. The number of benzene rings is 1. The normalized spacial score (nSPS) is 16.4. The molecule has 30 heavy (non-hydrogen) atoms. The van der Waals surface area contributed by atoms with Gasteiger partial charge < -0.3 is 4.74 Å². The maximum Gasteiger partial charge on any atom is 0.338 e. The molecule has 154 valence electrons. The maximum absolute atomic E-state index is 13.4. The van der Waals surface area contributed by atoms with Gasteiger partial charge in [-0.2, -0.15) is 5.10 Å². The molecule has 1 aliphatic rings. The third kappa shape index (κ3) is 3.33. The van der Waals surface area contributed by atoms with Crippen LogP contribution in [-0.4, -0.2) is 27.4 Å². The highest BCUT2D eigenvalue weighted by Crippen LogP contribution is 2.30. The smallest absolute Gasteiger partial charge is 0.338 e. The van der Waals surface area contributed by atoms with Crippen LogP contribution in [0.5, 0.6) is 0 Å². The topological polar surface area (TPSA) is 78.5 Å². The number of thiazole rings is 1. The third-order valence-corrected chi connectivity index (χ3v) is 6.12.